The van der Waals surface area contributed by atoms with Gasteiger partial charge < -0.3 is 15.7 Å². The molecule has 2 aromatic carbocycles. The molecule has 0 heterocycles. The number of benzene rings is 2. The van der Waals surface area contributed by atoms with Crippen LogP contribution < -0.4 is 10.6 Å². The topological polar surface area (TPSA) is 95.5 Å². The fourth-order valence-corrected chi connectivity index (χ4v) is 2.98. The number of nitrogens with one attached hydrogen (secondary N) is 2. The highest BCUT2D eigenvalue weighted by Crippen LogP contribution is 2.30. The number of amides is 2. The average molecular weight is 366 g/mol. The van der Waals surface area contributed by atoms with Crippen LogP contribution in [0, 0.1) is 5.92 Å². The Balaban J connectivity index is 1.77. The normalized spacial score (nSPS) is 15.4. The minimum Gasteiger partial charge on any atom is -0.479 e. The fraction of sp³-hybridized carbons (Fsp3) is 0.286. The third kappa shape index (κ3) is 4.00. The van der Waals surface area contributed by atoms with E-state index < -0.39 is 17.4 Å². The maximum Gasteiger partial charge on any atom is 0.334 e. The summed E-state index contributed by atoms with van der Waals surface area (Å²) < 4.78 is 0. The number of rotatable bonds is 7. The number of carbonyl (C=O) groups is 3. The molecule has 0 aromatic heterocycles. The third-order valence-corrected chi connectivity index (χ3v) is 4.85. The van der Waals surface area contributed by atoms with E-state index in [1.807, 2.05) is 0 Å². The van der Waals surface area contributed by atoms with Crippen LogP contribution in [0.5, 0.6) is 0 Å². The second kappa shape index (κ2) is 7.61. The summed E-state index contributed by atoms with van der Waals surface area (Å²) in [6.45, 7) is 1.72. The predicted molar refractivity (Wildman–Crippen MR) is 101 cm³/mol. The molecule has 6 nitrogen and oxygen atoms in total. The lowest BCUT2D eigenvalue weighted by Gasteiger charge is -2.30. The van der Waals surface area contributed by atoms with Crippen molar-refractivity contribution in [3.05, 3.63) is 65.7 Å². The minimum atomic E-state index is -1.50. The molecule has 1 aliphatic rings. The van der Waals surface area contributed by atoms with Gasteiger partial charge >= 0.3 is 5.97 Å². The first-order valence-corrected chi connectivity index (χ1v) is 8.98. The molecule has 0 aliphatic heterocycles. The Hall–Kier alpha value is -3.15. The van der Waals surface area contributed by atoms with Gasteiger partial charge in [0.25, 0.3) is 5.91 Å². The van der Waals surface area contributed by atoms with Crippen LogP contribution in [0.15, 0.2) is 54.6 Å². The highest BCUT2D eigenvalue weighted by Gasteiger charge is 2.40. The van der Waals surface area contributed by atoms with Crippen molar-refractivity contribution in [1.29, 1.82) is 0 Å². The smallest absolute Gasteiger partial charge is 0.334 e. The van der Waals surface area contributed by atoms with Crippen molar-refractivity contribution < 1.29 is 19.5 Å². The van der Waals surface area contributed by atoms with Gasteiger partial charge in [0.2, 0.25) is 5.91 Å². The predicted octanol–water partition coefficient (Wildman–Crippen LogP) is 3.16. The summed E-state index contributed by atoms with van der Waals surface area (Å²) >= 11 is 0. The van der Waals surface area contributed by atoms with E-state index in [0.717, 1.165) is 12.8 Å². The molecule has 0 bridgehead atoms. The van der Waals surface area contributed by atoms with E-state index >= 15 is 0 Å². The van der Waals surface area contributed by atoms with Gasteiger partial charge in [-0.2, -0.15) is 0 Å². The number of carboxylic acids is 1. The van der Waals surface area contributed by atoms with Gasteiger partial charge in [-0.3, -0.25) is 9.59 Å². The Bertz CT molecular complexity index is 844. The maximum atomic E-state index is 12.7. The highest BCUT2D eigenvalue weighted by molar-refractivity contribution is 5.99. The number of carbonyl (C=O) groups excluding carboxylic acids is 2. The van der Waals surface area contributed by atoms with Crippen molar-refractivity contribution in [2.75, 3.05) is 5.32 Å². The summed E-state index contributed by atoms with van der Waals surface area (Å²) in [5.41, 5.74) is -0.0420. The quantitative estimate of drug-likeness (QED) is 0.701. The molecule has 1 aliphatic carbocycles. The van der Waals surface area contributed by atoms with E-state index in [1.54, 1.807) is 61.5 Å². The number of carboxylic acid groups (broad SMARTS) is 1. The van der Waals surface area contributed by atoms with Crippen molar-refractivity contribution >= 4 is 23.5 Å². The fourth-order valence-electron chi connectivity index (χ4n) is 2.98. The SMILES string of the molecule is CCC(NC(=O)c1ccc(NC(=O)C2CC2)cc1)(C(=O)O)c1ccccc1. The first kappa shape index (κ1) is 18.6. The lowest BCUT2D eigenvalue weighted by molar-refractivity contribution is -0.145. The van der Waals surface area contributed by atoms with E-state index in [-0.39, 0.29) is 18.2 Å². The van der Waals surface area contributed by atoms with Crippen LogP contribution in [0.1, 0.15) is 42.1 Å². The van der Waals surface area contributed by atoms with Crippen LogP contribution >= 0.6 is 0 Å². The van der Waals surface area contributed by atoms with Crippen LogP contribution in [-0.2, 0) is 15.1 Å². The molecular formula is C21H22N2O4. The summed E-state index contributed by atoms with van der Waals surface area (Å²) in [5.74, 6) is -1.51. The average Bonchev–Trinajstić information content (AvgIpc) is 3.52. The van der Waals surface area contributed by atoms with Crippen molar-refractivity contribution in [1.82, 2.24) is 5.32 Å². The lowest BCUT2D eigenvalue weighted by Crippen LogP contribution is -2.51. The molecular weight excluding hydrogens is 344 g/mol. The second-order valence-electron chi connectivity index (χ2n) is 6.73. The van der Waals surface area contributed by atoms with Crippen molar-refractivity contribution in [2.45, 2.75) is 31.7 Å². The van der Waals surface area contributed by atoms with Gasteiger partial charge in [-0.05, 0) is 49.1 Å². The van der Waals surface area contributed by atoms with Crippen LogP contribution in [0.4, 0.5) is 5.69 Å². The molecule has 27 heavy (non-hydrogen) atoms. The molecule has 0 saturated heterocycles. The number of hydrogen-bond acceptors (Lipinski definition) is 3. The monoisotopic (exact) mass is 366 g/mol. The van der Waals surface area contributed by atoms with E-state index in [2.05, 4.69) is 10.6 Å². The van der Waals surface area contributed by atoms with Crippen LogP contribution in [-0.4, -0.2) is 22.9 Å². The zero-order valence-electron chi connectivity index (χ0n) is 15.1. The summed E-state index contributed by atoms with van der Waals surface area (Å²) in [5, 5.41) is 15.3. The van der Waals surface area contributed by atoms with Crippen molar-refractivity contribution in [3.8, 4) is 0 Å². The Kier molecular flexibility index (Phi) is 5.26. The lowest BCUT2D eigenvalue weighted by atomic mass is 9.87. The molecule has 0 radical (unpaired) electrons. The van der Waals surface area contributed by atoms with Gasteiger partial charge in [0, 0.05) is 17.2 Å². The summed E-state index contributed by atoms with van der Waals surface area (Å²) in [6, 6.07) is 15.1. The van der Waals surface area contributed by atoms with Gasteiger partial charge in [0.15, 0.2) is 5.54 Å². The second-order valence-corrected chi connectivity index (χ2v) is 6.73. The first-order valence-electron chi connectivity index (χ1n) is 8.98. The molecule has 3 rings (SSSR count). The molecule has 2 aromatic rings. The molecule has 3 N–H and O–H groups in total. The van der Waals surface area contributed by atoms with Gasteiger partial charge in [-0.15, -0.1) is 0 Å². The Morgan fingerprint density at radius 1 is 1.04 bits per heavy atom. The summed E-state index contributed by atoms with van der Waals surface area (Å²) in [6.07, 6.45) is 2.04. The minimum absolute atomic E-state index is 0.00726. The van der Waals surface area contributed by atoms with E-state index in [1.165, 1.54) is 0 Å². The van der Waals surface area contributed by atoms with Crippen molar-refractivity contribution in [2.24, 2.45) is 5.92 Å². The van der Waals surface area contributed by atoms with Crippen LogP contribution in [0.2, 0.25) is 0 Å². The number of anilines is 1. The Morgan fingerprint density at radius 2 is 1.67 bits per heavy atom. The third-order valence-electron chi connectivity index (χ3n) is 4.85. The molecule has 2 amide bonds. The highest BCUT2D eigenvalue weighted by atomic mass is 16.4. The molecule has 1 unspecified atom stereocenters. The Labute approximate surface area is 157 Å². The molecule has 1 fully saturated rings. The number of aliphatic carboxylic acids is 1. The van der Waals surface area contributed by atoms with Gasteiger partial charge in [-0.1, -0.05) is 37.3 Å². The molecule has 0 spiro atoms. The van der Waals surface area contributed by atoms with E-state index in [0.29, 0.717) is 16.8 Å². The van der Waals surface area contributed by atoms with Crippen LogP contribution in [0.25, 0.3) is 0 Å². The van der Waals surface area contributed by atoms with Gasteiger partial charge in [-0.25, -0.2) is 4.79 Å². The maximum absolute atomic E-state index is 12.7. The van der Waals surface area contributed by atoms with E-state index in [4.69, 9.17) is 0 Å². The molecule has 6 heteroatoms. The molecule has 1 atom stereocenters. The standard InChI is InChI=1S/C21H22N2O4/c1-2-21(20(26)27,16-6-4-3-5-7-16)23-19(25)15-10-12-17(13-11-15)22-18(24)14-8-9-14/h3-7,10-14H,2,8-9H2,1H3,(H,22,24)(H,23,25)(H,26,27). The summed E-state index contributed by atoms with van der Waals surface area (Å²) in [4.78, 5) is 36.5. The van der Waals surface area contributed by atoms with Crippen LogP contribution in [0.3, 0.4) is 0 Å². The summed E-state index contributed by atoms with van der Waals surface area (Å²) in [7, 11) is 0. The Morgan fingerprint density at radius 3 is 2.19 bits per heavy atom. The zero-order valence-corrected chi connectivity index (χ0v) is 15.1. The molecule has 1 saturated carbocycles. The first-order chi connectivity index (χ1) is 13.0. The van der Waals surface area contributed by atoms with Crippen molar-refractivity contribution in [3.63, 3.8) is 0 Å². The van der Waals surface area contributed by atoms with Gasteiger partial charge in [0.05, 0.1) is 0 Å². The molecule has 140 valence electrons. The van der Waals surface area contributed by atoms with E-state index in [9.17, 15) is 19.5 Å². The van der Waals surface area contributed by atoms with Gasteiger partial charge in [0.1, 0.15) is 0 Å². The zero-order chi connectivity index (χ0) is 19.4. The largest absolute Gasteiger partial charge is 0.479 e. The number of hydrogen-bond donors (Lipinski definition) is 3.